The molecule has 0 amide bonds. The van der Waals surface area contributed by atoms with Gasteiger partial charge in [-0.3, -0.25) is 0 Å². The SMILES string of the molecule is CC(O)(CN)CCOc1c(Cl)cccc1Cl. The zero-order valence-electron chi connectivity index (χ0n) is 9.04. The van der Waals surface area contributed by atoms with Crippen molar-refractivity contribution >= 4 is 23.2 Å². The Labute approximate surface area is 105 Å². The van der Waals surface area contributed by atoms with E-state index in [1.807, 2.05) is 0 Å². The molecule has 1 unspecified atom stereocenters. The molecule has 0 aromatic heterocycles. The van der Waals surface area contributed by atoms with Crippen LogP contribution in [-0.2, 0) is 0 Å². The zero-order chi connectivity index (χ0) is 12.2. The van der Waals surface area contributed by atoms with Crippen molar-refractivity contribution < 1.29 is 9.84 Å². The number of para-hydroxylation sites is 1. The molecule has 3 N–H and O–H groups in total. The maximum Gasteiger partial charge on any atom is 0.156 e. The van der Waals surface area contributed by atoms with Crippen LogP contribution in [0.1, 0.15) is 13.3 Å². The highest BCUT2D eigenvalue weighted by Crippen LogP contribution is 2.32. The van der Waals surface area contributed by atoms with Gasteiger partial charge in [-0.2, -0.15) is 0 Å². The van der Waals surface area contributed by atoms with E-state index in [-0.39, 0.29) is 6.54 Å². The van der Waals surface area contributed by atoms with Crippen LogP contribution in [0.2, 0.25) is 10.0 Å². The Kier molecular flexibility index (Phi) is 4.87. The van der Waals surface area contributed by atoms with Crippen molar-refractivity contribution in [2.45, 2.75) is 18.9 Å². The lowest BCUT2D eigenvalue weighted by Crippen LogP contribution is -2.35. The van der Waals surface area contributed by atoms with E-state index >= 15 is 0 Å². The molecule has 0 aliphatic carbocycles. The fourth-order valence-corrected chi connectivity index (χ4v) is 1.60. The highest BCUT2D eigenvalue weighted by atomic mass is 35.5. The predicted molar refractivity (Wildman–Crippen MR) is 66.3 cm³/mol. The van der Waals surface area contributed by atoms with E-state index < -0.39 is 5.60 Å². The van der Waals surface area contributed by atoms with Gasteiger partial charge in [0.2, 0.25) is 0 Å². The number of hydrogen-bond acceptors (Lipinski definition) is 3. The lowest BCUT2D eigenvalue weighted by molar-refractivity contribution is 0.0453. The molecule has 0 saturated carbocycles. The van der Waals surface area contributed by atoms with Gasteiger partial charge in [0.05, 0.1) is 22.3 Å². The van der Waals surface area contributed by atoms with Gasteiger partial charge >= 0.3 is 0 Å². The molecule has 0 spiro atoms. The summed E-state index contributed by atoms with van der Waals surface area (Å²) < 4.78 is 5.43. The minimum atomic E-state index is -0.923. The van der Waals surface area contributed by atoms with Crippen LogP contribution >= 0.6 is 23.2 Å². The van der Waals surface area contributed by atoms with E-state index in [1.54, 1.807) is 25.1 Å². The second-order valence-corrected chi connectivity index (χ2v) is 4.66. The fraction of sp³-hybridized carbons (Fsp3) is 0.455. The third kappa shape index (κ3) is 3.83. The maximum atomic E-state index is 9.67. The van der Waals surface area contributed by atoms with Gasteiger partial charge in [0.15, 0.2) is 5.75 Å². The van der Waals surface area contributed by atoms with Gasteiger partial charge in [-0.25, -0.2) is 0 Å². The minimum absolute atomic E-state index is 0.187. The van der Waals surface area contributed by atoms with Crippen LogP contribution in [0.15, 0.2) is 18.2 Å². The second kappa shape index (κ2) is 5.73. The van der Waals surface area contributed by atoms with Gasteiger partial charge in [0.25, 0.3) is 0 Å². The molecule has 3 nitrogen and oxygen atoms in total. The summed E-state index contributed by atoms with van der Waals surface area (Å²) in [4.78, 5) is 0. The quantitative estimate of drug-likeness (QED) is 0.858. The van der Waals surface area contributed by atoms with Crippen LogP contribution in [0, 0.1) is 0 Å². The molecular weight excluding hydrogens is 249 g/mol. The van der Waals surface area contributed by atoms with E-state index in [4.69, 9.17) is 33.7 Å². The van der Waals surface area contributed by atoms with E-state index in [2.05, 4.69) is 0 Å². The van der Waals surface area contributed by atoms with Crippen molar-refractivity contribution in [3.63, 3.8) is 0 Å². The maximum absolute atomic E-state index is 9.67. The normalized spacial score (nSPS) is 14.6. The summed E-state index contributed by atoms with van der Waals surface area (Å²) in [5.41, 5.74) is 4.46. The summed E-state index contributed by atoms with van der Waals surface area (Å²) in [5.74, 6) is 0.443. The molecule has 1 aromatic carbocycles. The van der Waals surface area contributed by atoms with Crippen LogP contribution in [0.25, 0.3) is 0 Å². The average Bonchev–Trinajstić information content (AvgIpc) is 2.22. The molecular formula is C11H15Cl2NO2. The second-order valence-electron chi connectivity index (χ2n) is 3.85. The first kappa shape index (κ1) is 13.6. The summed E-state index contributed by atoms with van der Waals surface area (Å²) in [7, 11) is 0. The van der Waals surface area contributed by atoms with E-state index in [0.29, 0.717) is 28.8 Å². The molecule has 0 fully saturated rings. The van der Waals surface area contributed by atoms with Gasteiger partial charge in [0.1, 0.15) is 0 Å². The van der Waals surface area contributed by atoms with Gasteiger partial charge in [0, 0.05) is 13.0 Å². The summed E-state index contributed by atoms with van der Waals surface area (Å²) >= 11 is 11.8. The fourth-order valence-electron chi connectivity index (χ4n) is 1.10. The lowest BCUT2D eigenvalue weighted by Gasteiger charge is -2.21. The average molecular weight is 264 g/mol. The standard InChI is InChI=1S/C11H15Cl2NO2/c1-11(15,7-14)5-6-16-10-8(12)3-2-4-9(10)13/h2-4,15H,5-7,14H2,1H3. The first-order valence-electron chi connectivity index (χ1n) is 4.95. The molecule has 0 radical (unpaired) electrons. The number of hydrogen-bond donors (Lipinski definition) is 2. The molecule has 0 bridgehead atoms. The van der Waals surface area contributed by atoms with Crippen LogP contribution in [0.5, 0.6) is 5.75 Å². The Balaban J connectivity index is 2.56. The third-order valence-electron chi connectivity index (χ3n) is 2.25. The molecule has 1 aromatic rings. The Bertz CT molecular complexity index is 336. The van der Waals surface area contributed by atoms with E-state index in [9.17, 15) is 5.11 Å². The van der Waals surface area contributed by atoms with Crippen molar-refractivity contribution in [1.29, 1.82) is 0 Å². The van der Waals surface area contributed by atoms with E-state index in [0.717, 1.165) is 0 Å². The zero-order valence-corrected chi connectivity index (χ0v) is 10.6. The molecule has 0 heterocycles. The van der Waals surface area contributed by atoms with Gasteiger partial charge < -0.3 is 15.6 Å². The Morgan fingerprint density at radius 2 is 1.94 bits per heavy atom. The smallest absolute Gasteiger partial charge is 0.156 e. The number of aliphatic hydroxyl groups is 1. The largest absolute Gasteiger partial charge is 0.490 e. The Morgan fingerprint density at radius 1 is 1.38 bits per heavy atom. The number of nitrogens with two attached hydrogens (primary N) is 1. The van der Waals surface area contributed by atoms with Crippen LogP contribution < -0.4 is 10.5 Å². The highest BCUT2D eigenvalue weighted by molar-refractivity contribution is 6.37. The van der Waals surface area contributed by atoms with Gasteiger partial charge in [-0.15, -0.1) is 0 Å². The van der Waals surface area contributed by atoms with Crippen molar-refractivity contribution in [1.82, 2.24) is 0 Å². The summed E-state index contributed by atoms with van der Waals surface area (Å²) in [5, 5.41) is 10.6. The predicted octanol–water partition coefficient (Wildman–Crippen LogP) is 2.47. The third-order valence-corrected chi connectivity index (χ3v) is 2.84. The number of halogens is 2. The number of benzene rings is 1. The highest BCUT2D eigenvalue weighted by Gasteiger charge is 2.18. The summed E-state index contributed by atoms with van der Waals surface area (Å²) in [6.45, 7) is 2.16. The molecule has 0 aliphatic rings. The van der Waals surface area contributed by atoms with Crippen molar-refractivity contribution in [2.24, 2.45) is 5.73 Å². The molecule has 1 rings (SSSR count). The first-order valence-corrected chi connectivity index (χ1v) is 5.71. The number of ether oxygens (including phenoxy) is 1. The molecule has 90 valence electrons. The molecule has 0 saturated heterocycles. The summed E-state index contributed by atoms with van der Waals surface area (Å²) in [6, 6.07) is 5.14. The van der Waals surface area contributed by atoms with Crippen LogP contribution in [0.3, 0.4) is 0 Å². The van der Waals surface area contributed by atoms with Crippen molar-refractivity contribution in [3.8, 4) is 5.75 Å². The van der Waals surface area contributed by atoms with Crippen molar-refractivity contribution in [3.05, 3.63) is 28.2 Å². The molecule has 16 heavy (non-hydrogen) atoms. The Morgan fingerprint density at radius 3 is 2.44 bits per heavy atom. The van der Waals surface area contributed by atoms with Crippen LogP contribution in [0.4, 0.5) is 0 Å². The molecule has 1 atom stereocenters. The minimum Gasteiger partial charge on any atom is -0.490 e. The monoisotopic (exact) mass is 263 g/mol. The molecule has 5 heteroatoms. The topological polar surface area (TPSA) is 55.5 Å². The van der Waals surface area contributed by atoms with Crippen molar-refractivity contribution in [2.75, 3.05) is 13.2 Å². The molecule has 0 aliphatic heterocycles. The van der Waals surface area contributed by atoms with Crippen LogP contribution in [-0.4, -0.2) is 23.9 Å². The summed E-state index contributed by atoms with van der Waals surface area (Å²) in [6.07, 6.45) is 0.422. The lowest BCUT2D eigenvalue weighted by atomic mass is 10.0. The Hall–Kier alpha value is -0.480. The van der Waals surface area contributed by atoms with E-state index in [1.165, 1.54) is 0 Å². The van der Waals surface area contributed by atoms with Gasteiger partial charge in [-0.1, -0.05) is 29.3 Å². The first-order chi connectivity index (χ1) is 7.46. The van der Waals surface area contributed by atoms with Gasteiger partial charge in [-0.05, 0) is 19.1 Å². The number of rotatable bonds is 5.